The van der Waals surface area contributed by atoms with Gasteiger partial charge in [-0.05, 0) is 37.5 Å². The maximum absolute atomic E-state index is 12.2. The summed E-state index contributed by atoms with van der Waals surface area (Å²) in [5.41, 5.74) is 0. The van der Waals surface area contributed by atoms with E-state index < -0.39 is 5.79 Å². The zero-order valence-electron chi connectivity index (χ0n) is 15.1. The number of hydrogen-bond acceptors (Lipinski definition) is 5. The van der Waals surface area contributed by atoms with Gasteiger partial charge in [0.2, 0.25) is 0 Å². The molecule has 0 amide bonds. The third-order valence-electron chi connectivity index (χ3n) is 5.38. The van der Waals surface area contributed by atoms with Crippen LogP contribution in [-0.4, -0.2) is 31.3 Å². The molecule has 1 saturated heterocycles. The molecule has 2 heterocycles. The molecule has 136 valence electrons. The van der Waals surface area contributed by atoms with Crippen LogP contribution in [0.3, 0.4) is 0 Å². The zero-order chi connectivity index (χ0) is 17.2. The minimum absolute atomic E-state index is 0.104. The summed E-state index contributed by atoms with van der Waals surface area (Å²) < 4.78 is 23.0. The van der Waals surface area contributed by atoms with E-state index in [2.05, 4.69) is 20.8 Å². The highest BCUT2D eigenvalue weighted by molar-refractivity contribution is 5.83. The third-order valence-corrected chi connectivity index (χ3v) is 5.38. The third kappa shape index (κ3) is 3.94. The Labute approximate surface area is 144 Å². The number of ether oxygens (including phenoxy) is 4. The summed E-state index contributed by atoms with van der Waals surface area (Å²) in [6.45, 7) is 7.93. The van der Waals surface area contributed by atoms with Crippen molar-refractivity contribution in [1.82, 2.24) is 0 Å². The molecule has 0 aromatic rings. The van der Waals surface area contributed by atoms with Gasteiger partial charge in [-0.2, -0.15) is 0 Å². The van der Waals surface area contributed by atoms with E-state index in [1.54, 1.807) is 0 Å². The van der Waals surface area contributed by atoms with Gasteiger partial charge in [0, 0.05) is 18.8 Å². The maximum atomic E-state index is 12.2. The van der Waals surface area contributed by atoms with Crippen LogP contribution in [-0.2, 0) is 23.7 Å². The van der Waals surface area contributed by atoms with Crippen LogP contribution in [0.1, 0.15) is 59.3 Å². The maximum Gasteiger partial charge on any atom is 0.337 e. The van der Waals surface area contributed by atoms with E-state index in [4.69, 9.17) is 18.9 Å². The van der Waals surface area contributed by atoms with Gasteiger partial charge in [-0.1, -0.05) is 20.8 Å². The summed E-state index contributed by atoms with van der Waals surface area (Å²) in [6.07, 6.45) is 6.83. The van der Waals surface area contributed by atoms with Crippen molar-refractivity contribution >= 4 is 5.97 Å². The Kier molecular flexibility index (Phi) is 5.50. The molecule has 0 bridgehead atoms. The second-order valence-electron chi connectivity index (χ2n) is 7.75. The predicted molar refractivity (Wildman–Crippen MR) is 88.9 cm³/mol. The highest BCUT2D eigenvalue weighted by Crippen LogP contribution is 2.47. The van der Waals surface area contributed by atoms with E-state index in [0.29, 0.717) is 25.0 Å². The molecule has 1 aliphatic carbocycles. The molecule has 3 aliphatic rings. The minimum atomic E-state index is -0.770. The summed E-state index contributed by atoms with van der Waals surface area (Å²) >= 11 is 0. The number of allylic oxidation sites excluding steroid dienone is 1. The van der Waals surface area contributed by atoms with Crippen molar-refractivity contribution in [3.05, 3.63) is 11.8 Å². The fourth-order valence-electron chi connectivity index (χ4n) is 4.24. The van der Waals surface area contributed by atoms with Gasteiger partial charge in [-0.25, -0.2) is 4.79 Å². The summed E-state index contributed by atoms with van der Waals surface area (Å²) in [7, 11) is 0. The Bertz CT molecular complexity index is 480. The van der Waals surface area contributed by atoms with Gasteiger partial charge in [0.15, 0.2) is 6.29 Å². The molecule has 3 rings (SSSR count). The fourth-order valence-corrected chi connectivity index (χ4v) is 4.24. The molecule has 0 radical (unpaired) electrons. The summed E-state index contributed by atoms with van der Waals surface area (Å²) in [6, 6.07) is 0. The van der Waals surface area contributed by atoms with E-state index in [0.717, 1.165) is 37.9 Å². The van der Waals surface area contributed by atoms with E-state index in [1.165, 1.54) is 12.5 Å². The normalized spacial score (nSPS) is 34.3. The molecule has 0 aromatic carbocycles. The summed E-state index contributed by atoms with van der Waals surface area (Å²) in [5.74, 6) is 0.904. The molecule has 1 saturated carbocycles. The number of esters is 1. The van der Waals surface area contributed by atoms with Crippen LogP contribution >= 0.6 is 0 Å². The second-order valence-corrected chi connectivity index (χ2v) is 7.75. The Morgan fingerprint density at radius 3 is 2.67 bits per heavy atom. The topological polar surface area (TPSA) is 54.0 Å². The molecule has 2 fully saturated rings. The monoisotopic (exact) mass is 338 g/mol. The standard InChI is InChI=1S/C19H30O5/c1-13(2)16-8-7-14(3)12-19(16)23-15(11-17(20)24-19)5-4-6-18-21-9-10-22-18/h11,13-14,16,18H,4-10,12H2,1-3H3/t14-,16+,19+/m1/s1. The van der Waals surface area contributed by atoms with Gasteiger partial charge in [-0.3, -0.25) is 0 Å². The summed E-state index contributed by atoms with van der Waals surface area (Å²) in [5, 5.41) is 0. The Balaban J connectivity index is 1.64. The molecular weight excluding hydrogens is 308 g/mol. The van der Waals surface area contributed by atoms with Crippen LogP contribution < -0.4 is 0 Å². The quantitative estimate of drug-likeness (QED) is 0.714. The van der Waals surface area contributed by atoms with Gasteiger partial charge < -0.3 is 18.9 Å². The molecule has 5 nitrogen and oxygen atoms in total. The average Bonchev–Trinajstić information content (AvgIpc) is 2.99. The van der Waals surface area contributed by atoms with Gasteiger partial charge in [0.05, 0.1) is 19.3 Å². The predicted octanol–water partition coefficient (Wildman–Crippen LogP) is 3.78. The average molecular weight is 338 g/mol. The number of rotatable bonds is 5. The number of carbonyl (C=O) groups excluding carboxylic acids is 1. The highest BCUT2D eigenvalue weighted by atomic mass is 16.7. The number of hydrogen-bond donors (Lipinski definition) is 0. The lowest BCUT2D eigenvalue weighted by Crippen LogP contribution is -2.52. The van der Waals surface area contributed by atoms with Crippen LogP contribution in [0.15, 0.2) is 11.8 Å². The minimum Gasteiger partial charge on any atom is -0.456 e. The van der Waals surface area contributed by atoms with E-state index in [1.807, 2.05) is 0 Å². The lowest BCUT2D eigenvalue weighted by atomic mass is 9.72. The highest BCUT2D eigenvalue weighted by Gasteiger charge is 2.51. The van der Waals surface area contributed by atoms with Crippen LogP contribution in [0.4, 0.5) is 0 Å². The van der Waals surface area contributed by atoms with Crippen molar-refractivity contribution < 1.29 is 23.7 Å². The van der Waals surface area contributed by atoms with Crippen LogP contribution in [0.25, 0.3) is 0 Å². The largest absolute Gasteiger partial charge is 0.456 e. The van der Waals surface area contributed by atoms with Crippen molar-refractivity contribution in [3.8, 4) is 0 Å². The Morgan fingerprint density at radius 1 is 1.21 bits per heavy atom. The van der Waals surface area contributed by atoms with Gasteiger partial charge in [0.25, 0.3) is 5.79 Å². The van der Waals surface area contributed by atoms with Crippen molar-refractivity contribution in [1.29, 1.82) is 0 Å². The van der Waals surface area contributed by atoms with E-state index >= 15 is 0 Å². The van der Waals surface area contributed by atoms with Crippen molar-refractivity contribution in [3.63, 3.8) is 0 Å². The molecular formula is C19H30O5. The van der Waals surface area contributed by atoms with E-state index in [-0.39, 0.29) is 18.2 Å². The fraction of sp³-hybridized carbons (Fsp3) is 0.842. The smallest absolute Gasteiger partial charge is 0.337 e. The zero-order valence-corrected chi connectivity index (χ0v) is 15.1. The first kappa shape index (κ1) is 17.7. The van der Waals surface area contributed by atoms with Crippen molar-refractivity contribution in [2.45, 2.75) is 71.4 Å². The van der Waals surface area contributed by atoms with Gasteiger partial charge in [0.1, 0.15) is 5.76 Å². The molecule has 24 heavy (non-hydrogen) atoms. The number of carbonyl (C=O) groups is 1. The van der Waals surface area contributed by atoms with Crippen LogP contribution in [0.5, 0.6) is 0 Å². The Morgan fingerprint density at radius 2 is 1.96 bits per heavy atom. The Hall–Kier alpha value is -1.07. The van der Waals surface area contributed by atoms with E-state index in [9.17, 15) is 4.79 Å². The second kappa shape index (κ2) is 7.44. The van der Waals surface area contributed by atoms with Gasteiger partial charge in [-0.15, -0.1) is 0 Å². The first-order valence-electron chi connectivity index (χ1n) is 9.34. The van der Waals surface area contributed by atoms with Crippen molar-refractivity contribution in [2.75, 3.05) is 13.2 Å². The van der Waals surface area contributed by atoms with Crippen molar-refractivity contribution in [2.24, 2.45) is 17.8 Å². The van der Waals surface area contributed by atoms with Crippen LogP contribution in [0.2, 0.25) is 0 Å². The molecule has 5 heteroatoms. The first-order chi connectivity index (χ1) is 11.5. The molecule has 0 aromatic heterocycles. The SMILES string of the molecule is CC(C)[C@@H]1CC[C@@H](C)C[C@]12OC(=O)C=C(CCCC1OCCO1)O2. The molecule has 3 atom stereocenters. The van der Waals surface area contributed by atoms with Gasteiger partial charge >= 0.3 is 5.97 Å². The molecule has 0 N–H and O–H groups in total. The first-order valence-corrected chi connectivity index (χ1v) is 9.34. The lowest BCUT2D eigenvalue weighted by Gasteiger charge is -2.48. The molecule has 1 spiro atoms. The van der Waals surface area contributed by atoms with Crippen LogP contribution in [0, 0.1) is 17.8 Å². The molecule has 0 unspecified atom stereocenters. The summed E-state index contributed by atoms with van der Waals surface area (Å²) in [4.78, 5) is 12.2. The lowest BCUT2D eigenvalue weighted by molar-refractivity contribution is -0.269. The molecule has 2 aliphatic heterocycles.